The number of carbonyl (C=O) groups is 1. The van der Waals surface area contributed by atoms with Crippen molar-refractivity contribution in [3.63, 3.8) is 0 Å². The van der Waals surface area contributed by atoms with E-state index in [1.165, 1.54) is 23.4 Å². The summed E-state index contributed by atoms with van der Waals surface area (Å²) in [4.78, 5) is 24.5. The van der Waals surface area contributed by atoms with Gasteiger partial charge in [-0.2, -0.15) is 9.78 Å². The maximum Gasteiger partial charge on any atom is 0.319 e. The Bertz CT molecular complexity index is 972. The lowest BCUT2D eigenvalue weighted by molar-refractivity contribution is 0.0179. The Labute approximate surface area is 157 Å². The van der Waals surface area contributed by atoms with Gasteiger partial charge in [0.05, 0.1) is 11.7 Å². The average Bonchev–Trinajstić information content (AvgIpc) is 3.13. The maximum atomic E-state index is 13.7. The second-order valence-corrected chi connectivity index (χ2v) is 5.98. The van der Waals surface area contributed by atoms with Gasteiger partial charge in [0.25, 0.3) is 11.9 Å². The zero-order chi connectivity index (χ0) is 20.3. The number of rotatable bonds is 5. The van der Waals surface area contributed by atoms with Crippen molar-refractivity contribution in [3.8, 4) is 5.95 Å². The van der Waals surface area contributed by atoms with Crippen molar-refractivity contribution in [2.24, 2.45) is 0 Å². The van der Waals surface area contributed by atoms with Crippen molar-refractivity contribution >= 4 is 11.7 Å². The third kappa shape index (κ3) is 4.24. The highest BCUT2D eigenvalue weighted by Crippen LogP contribution is 2.33. The standard InChI is InChI=1S/C17H16F3N7O/c1-10(14-23-9-24-27(14)15-21-6-3-7-22-15)25-16(28)26-13-5-4-11(18)8-12(13)17(2,19)20/h3-10H,1-2H3,(H2,25,26,28)/t10-/m0/s1. The van der Waals surface area contributed by atoms with Gasteiger partial charge in [-0.1, -0.05) is 0 Å². The zero-order valence-corrected chi connectivity index (χ0v) is 14.9. The number of carbonyl (C=O) groups excluding carboxylic acids is 1. The van der Waals surface area contributed by atoms with E-state index >= 15 is 0 Å². The first-order valence-electron chi connectivity index (χ1n) is 8.18. The number of benzene rings is 1. The number of aromatic nitrogens is 5. The first-order chi connectivity index (χ1) is 13.3. The zero-order valence-electron chi connectivity index (χ0n) is 14.9. The highest BCUT2D eigenvalue weighted by molar-refractivity contribution is 5.90. The van der Waals surface area contributed by atoms with Crippen LogP contribution in [-0.4, -0.2) is 30.8 Å². The molecule has 0 unspecified atom stereocenters. The lowest BCUT2D eigenvalue weighted by Crippen LogP contribution is -2.33. The summed E-state index contributed by atoms with van der Waals surface area (Å²) in [6.07, 6.45) is 4.33. The van der Waals surface area contributed by atoms with Crippen LogP contribution in [0, 0.1) is 5.82 Å². The summed E-state index contributed by atoms with van der Waals surface area (Å²) < 4.78 is 42.1. The Morgan fingerprint density at radius 2 is 1.93 bits per heavy atom. The molecule has 0 saturated heterocycles. The maximum absolute atomic E-state index is 13.7. The summed E-state index contributed by atoms with van der Waals surface area (Å²) in [7, 11) is 0. The van der Waals surface area contributed by atoms with Gasteiger partial charge in [-0.05, 0) is 31.2 Å². The molecular formula is C17H16F3N7O. The van der Waals surface area contributed by atoms with E-state index in [4.69, 9.17) is 0 Å². The SMILES string of the molecule is C[C@H](NC(=O)Nc1ccc(F)cc1C(C)(F)F)c1ncnn1-c1ncccn1. The van der Waals surface area contributed by atoms with E-state index in [1.54, 1.807) is 13.0 Å². The molecule has 146 valence electrons. The van der Waals surface area contributed by atoms with Crippen LogP contribution in [0.2, 0.25) is 0 Å². The molecule has 1 aromatic carbocycles. The van der Waals surface area contributed by atoms with Crippen LogP contribution in [0.4, 0.5) is 23.7 Å². The van der Waals surface area contributed by atoms with Crippen LogP contribution in [0.3, 0.4) is 0 Å². The van der Waals surface area contributed by atoms with Gasteiger partial charge in [-0.25, -0.2) is 32.9 Å². The minimum Gasteiger partial charge on any atom is -0.328 e. The molecule has 3 rings (SSSR count). The smallest absolute Gasteiger partial charge is 0.319 e. The van der Waals surface area contributed by atoms with Crippen LogP contribution in [0.5, 0.6) is 0 Å². The van der Waals surface area contributed by atoms with Crippen molar-refractivity contribution in [1.82, 2.24) is 30.0 Å². The fourth-order valence-electron chi connectivity index (χ4n) is 2.51. The number of anilines is 1. The third-order valence-corrected chi connectivity index (χ3v) is 3.75. The molecule has 2 heterocycles. The van der Waals surface area contributed by atoms with E-state index in [9.17, 15) is 18.0 Å². The van der Waals surface area contributed by atoms with Gasteiger partial charge in [0, 0.05) is 24.9 Å². The van der Waals surface area contributed by atoms with E-state index in [2.05, 4.69) is 30.7 Å². The van der Waals surface area contributed by atoms with Crippen LogP contribution in [0.25, 0.3) is 5.95 Å². The fourth-order valence-corrected chi connectivity index (χ4v) is 2.51. The summed E-state index contributed by atoms with van der Waals surface area (Å²) in [6, 6.07) is 2.96. The predicted octanol–water partition coefficient (Wildman–Crippen LogP) is 3.19. The molecule has 0 aliphatic carbocycles. The number of nitrogens with one attached hydrogen (secondary N) is 2. The third-order valence-electron chi connectivity index (χ3n) is 3.75. The van der Waals surface area contributed by atoms with Crippen LogP contribution in [-0.2, 0) is 5.92 Å². The quantitative estimate of drug-likeness (QED) is 0.696. The number of alkyl halides is 2. The number of hydrogen-bond donors (Lipinski definition) is 2. The molecule has 0 aliphatic heterocycles. The molecular weight excluding hydrogens is 375 g/mol. The van der Waals surface area contributed by atoms with Gasteiger partial charge in [0.15, 0.2) is 5.82 Å². The van der Waals surface area contributed by atoms with E-state index < -0.39 is 29.4 Å². The van der Waals surface area contributed by atoms with E-state index in [0.29, 0.717) is 18.8 Å². The summed E-state index contributed by atoms with van der Waals surface area (Å²) in [5, 5.41) is 8.90. The molecule has 3 aromatic rings. The highest BCUT2D eigenvalue weighted by Gasteiger charge is 2.29. The van der Waals surface area contributed by atoms with Gasteiger partial charge in [0.1, 0.15) is 12.1 Å². The lowest BCUT2D eigenvalue weighted by Gasteiger charge is -2.18. The second kappa shape index (κ2) is 7.62. The number of amides is 2. The van der Waals surface area contributed by atoms with Crippen molar-refractivity contribution in [1.29, 1.82) is 0 Å². The molecule has 1 atom stereocenters. The van der Waals surface area contributed by atoms with E-state index in [-0.39, 0.29) is 11.6 Å². The van der Waals surface area contributed by atoms with Gasteiger partial charge >= 0.3 is 6.03 Å². The number of halogens is 3. The van der Waals surface area contributed by atoms with Gasteiger partial charge in [0.2, 0.25) is 0 Å². The van der Waals surface area contributed by atoms with Crippen molar-refractivity contribution in [3.05, 3.63) is 60.2 Å². The van der Waals surface area contributed by atoms with Crippen LogP contribution < -0.4 is 10.6 Å². The predicted molar refractivity (Wildman–Crippen MR) is 93.5 cm³/mol. The van der Waals surface area contributed by atoms with Crippen LogP contribution >= 0.6 is 0 Å². The Morgan fingerprint density at radius 3 is 2.61 bits per heavy atom. The van der Waals surface area contributed by atoms with Gasteiger partial charge < -0.3 is 10.6 Å². The van der Waals surface area contributed by atoms with Crippen molar-refractivity contribution < 1.29 is 18.0 Å². The number of urea groups is 1. The first-order valence-corrected chi connectivity index (χ1v) is 8.18. The Hall–Kier alpha value is -3.50. The second-order valence-electron chi connectivity index (χ2n) is 5.98. The molecule has 0 spiro atoms. The lowest BCUT2D eigenvalue weighted by atomic mass is 10.1. The summed E-state index contributed by atoms with van der Waals surface area (Å²) in [5.74, 6) is -3.56. The molecule has 8 nitrogen and oxygen atoms in total. The molecule has 2 aromatic heterocycles. The molecule has 0 bridgehead atoms. The number of hydrogen-bond acceptors (Lipinski definition) is 5. The van der Waals surface area contributed by atoms with Crippen molar-refractivity contribution in [2.45, 2.75) is 25.8 Å². The molecule has 0 aliphatic rings. The summed E-state index contributed by atoms with van der Waals surface area (Å²) in [5.41, 5.74) is -0.831. The summed E-state index contributed by atoms with van der Waals surface area (Å²) in [6.45, 7) is 2.25. The van der Waals surface area contributed by atoms with E-state index in [0.717, 1.165) is 12.1 Å². The molecule has 2 amide bonds. The largest absolute Gasteiger partial charge is 0.328 e. The molecule has 0 saturated carbocycles. The Balaban J connectivity index is 1.76. The average molecular weight is 391 g/mol. The topological polar surface area (TPSA) is 97.6 Å². The molecule has 0 fully saturated rings. The minimum absolute atomic E-state index is 0.202. The minimum atomic E-state index is -3.33. The summed E-state index contributed by atoms with van der Waals surface area (Å²) >= 11 is 0. The fraction of sp³-hybridized carbons (Fsp3) is 0.235. The molecule has 28 heavy (non-hydrogen) atoms. The van der Waals surface area contributed by atoms with Crippen LogP contribution in [0.1, 0.15) is 31.3 Å². The Morgan fingerprint density at radius 1 is 1.21 bits per heavy atom. The van der Waals surface area contributed by atoms with Gasteiger partial charge in [-0.15, -0.1) is 0 Å². The normalized spacial score (nSPS) is 12.5. The van der Waals surface area contributed by atoms with Crippen molar-refractivity contribution in [2.75, 3.05) is 5.32 Å². The molecule has 11 heteroatoms. The van der Waals surface area contributed by atoms with Crippen LogP contribution in [0.15, 0.2) is 43.0 Å². The van der Waals surface area contributed by atoms with Gasteiger partial charge in [-0.3, -0.25) is 0 Å². The molecule has 2 N–H and O–H groups in total. The van der Waals surface area contributed by atoms with E-state index in [1.807, 2.05) is 0 Å². The number of nitrogens with zero attached hydrogens (tertiary/aromatic N) is 5. The highest BCUT2D eigenvalue weighted by atomic mass is 19.3. The molecule has 0 radical (unpaired) electrons. The monoisotopic (exact) mass is 391 g/mol. The Kier molecular flexibility index (Phi) is 5.25. The first kappa shape index (κ1) is 19.3.